The molecule has 3 aromatic carbocycles. The minimum atomic E-state index is 0.319. The molecule has 6 rings (SSSR count). The first-order valence-electron chi connectivity index (χ1n) is 13.3. The molecule has 3 heterocycles. The standard InChI is InChI=1S/C33H33N3O/c1-19(2)22-12-9-13-23(20(3)4)31(22)36-29-17-27(21(5)6)34-18-28(29)35-33(36)26-15-10-14-25-24-11-7-8-16-30(24)37-32(25)26/h7-21H,1-6H3. The number of aromatic nitrogens is 3. The predicted octanol–water partition coefficient (Wildman–Crippen LogP) is 9.36. The quantitative estimate of drug-likeness (QED) is 0.243. The van der Waals surface area contributed by atoms with Gasteiger partial charge in [-0.2, -0.15) is 0 Å². The number of furan rings is 1. The number of imidazole rings is 1. The van der Waals surface area contributed by atoms with Crippen LogP contribution in [0, 0.1) is 0 Å². The second-order valence-corrected chi connectivity index (χ2v) is 10.9. The van der Waals surface area contributed by atoms with Crippen LogP contribution in [0.15, 0.2) is 77.3 Å². The van der Waals surface area contributed by atoms with E-state index in [1.807, 2.05) is 18.3 Å². The summed E-state index contributed by atoms with van der Waals surface area (Å²) in [6.07, 6.45) is 1.93. The van der Waals surface area contributed by atoms with Gasteiger partial charge in [-0.1, -0.05) is 90.1 Å². The summed E-state index contributed by atoms with van der Waals surface area (Å²) in [5.74, 6) is 1.91. The highest BCUT2D eigenvalue weighted by Crippen LogP contribution is 2.41. The Morgan fingerprint density at radius 1 is 0.730 bits per heavy atom. The van der Waals surface area contributed by atoms with Crippen molar-refractivity contribution in [1.82, 2.24) is 14.5 Å². The van der Waals surface area contributed by atoms with Gasteiger partial charge >= 0.3 is 0 Å². The molecular formula is C33H33N3O. The minimum Gasteiger partial charge on any atom is -0.455 e. The van der Waals surface area contributed by atoms with Gasteiger partial charge in [0.05, 0.1) is 23.0 Å². The lowest BCUT2D eigenvalue weighted by Crippen LogP contribution is -2.09. The van der Waals surface area contributed by atoms with Gasteiger partial charge in [0.1, 0.15) is 22.5 Å². The van der Waals surface area contributed by atoms with Crippen LogP contribution in [0.3, 0.4) is 0 Å². The monoisotopic (exact) mass is 487 g/mol. The Hall–Kier alpha value is -3.92. The Balaban J connectivity index is 1.78. The third-order valence-electron chi connectivity index (χ3n) is 7.36. The molecule has 0 N–H and O–H groups in total. The summed E-state index contributed by atoms with van der Waals surface area (Å²) in [6, 6.07) is 23.5. The lowest BCUT2D eigenvalue weighted by molar-refractivity contribution is 0.669. The molecule has 0 bridgehead atoms. The Bertz CT molecular complexity index is 1740. The van der Waals surface area contributed by atoms with Gasteiger partial charge in [-0.15, -0.1) is 0 Å². The topological polar surface area (TPSA) is 43.9 Å². The molecule has 0 aliphatic heterocycles. The highest BCUT2D eigenvalue weighted by Gasteiger charge is 2.24. The van der Waals surface area contributed by atoms with Gasteiger partial charge in [0, 0.05) is 16.5 Å². The van der Waals surface area contributed by atoms with E-state index in [0.717, 1.165) is 50.1 Å². The zero-order valence-corrected chi connectivity index (χ0v) is 22.4. The van der Waals surface area contributed by atoms with Gasteiger partial charge < -0.3 is 4.42 Å². The van der Waals surface area contributed by atoms with E-state index >= 15 is 0 Å². The van der Waals surface area contributed by atoms with Crippen molar-refractivity contribution in [3.8, 4) is 17.1 Å². The van der Waals surface area contributed by atoms with Gasteiger partial charge in [0.15, 0.2) is 0 Å². The molecule has 0 saturated heterocycles. The zero-order valence-electron chi connectivity index (χ0n) is 22.4. The molecule has 3 aromatic heterocycles. The average molecular weight is 488 g/mol. The molecule has 37 heavy (non-hydrogen) atoms. The molecule has 0 amide bonds. The van der Waals surface area contributed by atoms with Crippen LogP contribution in [-0.2, 0) is 0 Å². The Labute approximate surface area is 218 Å². The molecule has 0 atom stereocenters. The maximum atomic E-state index is 6.47. The van der Waals surface area contributed by atoms with E-state index in [1.165, 1.54) is 16.8 Å². The highest BCUT2D eigenvalue weighted by atomic mass is 16.3. The van der Waals surface area contributed by atoms with Crippen molar-refractivity contribution in [2.45, 2.75) is 59.3 Å². The first-order chi connectivity index (χ1) is 17.8. The first kappa shape index (κ1) is 23.5. The second-order valence-electron chi connectivity index (χ2n) is 10.9. The van der Waals surface area contributed by atoms with Gasteiger partial charge in [-0.05, 0) is 47.1 Å². The molecule has 0 radical (unpaired) electrons. The number of rotatable bonds is 5. The van der Waals surface area contributed by atoms with Crippen molar-refractivity contribution in [3.63, 3.8) is 0 Å². The van der Waals surface area contributed by atoms with E-state index in [0.29, 0.717) is 17.8 Å². The van der Waals surface area contributed by atoms with Crippen LogP contribution in [0.1, 0.15) is 76.1 Å². The summed E-state index contributed by atoms with van der Waals surface area (Å²) >= 11 is 0. The number of pyridine rings is 1. The third kappa shape index (κ3) is 3.74. The Morgan fingerprint density at radius 3 is 2.11 bits per heavy atom. The number of fused-ring (bicyclic) bond motifs is 4. The number of benzene rings is 3. The van der Waals surface area contributed by atoms with Crippen molar-refractivity contribution >= 4 is 33.0 Å². The molecule has 0 aliphatic carbocycles. The minimum absolute atomic E-state index is 0.319. The fourth-order valence-corrected chi connectivity index (χ4v) is 5.41. The molecule has 0 spiro atoms. The number of hydrogen-bond acceptors (Lipinski definition) is 3. The normalized spacial score (nSPS) is 12.2. The summed E-state index contributed by atoms with van der Waals surface area (Å²) in [6.45, 7) is 13.4. The van der Waals surface area contributed by atoms with Crippen molar-refractivity contribution in [2.75, 3.05) is 0 Å². The largest absolute Gasteiger partial charge is 0.455 e. The second kappa shape index (κ2) is 8.88. The SMILES string of the molecule is CC(C)c1cc2c(cn1)nc(-c1cccc3c1oc1ccccc13)n2-c1c(C(C)C)cccc1C(C)C. The van der Waals surface area contributed by atoms with Crippen molar-refractivity contribution in [1.29, 1.82) is 0 Å². The summed E-state index contributed by atoms with van der Waals surface area (Å²) in [4.78, 5) is 9.98. The van der Waals surface area contributed by atoms with Crippen LogP contribution in [-0.4, -0.2) is 14.5 Å². The maximum Gasteiger partial charge on any atom is 0.149 e. The summed E-state index contributed by atoms with van der Waals surface area (Å²) < 4.78 is 8.84. The maximum absolute atomic E-state index is 6.47. The van der Waals surface area contributed by atoms with E-state index in [4.69, 9.17) is 14.4 Å². The van der Waals surface area contributed by atoms with Gasteiger partial charge in [-0.25, -0.2) is 4.98 Å². The molecule has 0 aliphatic rings. The molecule has 6 aromatic rings. The van der Waals surface area contributed by atoms with Gasteiger partial charge in [-0.3, -0.25) is 9.55 Å². The van der Waals surface area contributed by atoms with Crippen LogP contribution in [0.4, 0.5) is 0 Å². The van der Waals surface area contributed by atoms with Gasteiger partial charge in [0.25, 0.3) is 0 Å². The van der Waals surface area contributed by atoms with E-state index in [-0.39, 0.29) is 0 Å². The Morgan fingerprint density at radius 2 is 1.41 bits per heavy atom. The number of nitrogens with zero attached hydrogens (tertiary/aromatic N) is 3. The predicted molar refractivity (Wildman–Crippen MR) is 154 cm³/mol. The van der Waals surface area contributed by atoms with E-state index in [9.17, 15) is 0 Å². The van der Waals surface area contributed by atoms with E-state index in [2.05, 4.69) is 101 Å². The molecule has 0 fully saturated rings. The molecule has 0 unspecified atom stereocenters. The molecule has 0 saturated carbocycles. The van der Waals surface area contributed by atoms with Gasteiger partial charge in [0.2, 0.25) is 0 Å². The van der Waals surface area contributed by atoms with Crippen LogP contribution in [0.2, 0.25) is 0 Å². The fraction of sp³-hybridized carbons (Fsp3) is 0.273. The zero-order chi connectivity index (χ0) is 25.8. The lowest BCUT2D eigenvalue weighted by atomic mass is 9.92. The molecule has 4 heteroatoms. The summed E-state index contributed by atoms with van der Waals surface area (Å²) in [5, 5.41) is 2.23. The van der Waals surface area contributed by atoms with E-state index in [1.54, 1.807) is 0 Å². The summed E-state index contributed by atoms with van der Waals surface area (Å²) in [5.41, 5.74) is 9.63. The van der Waals surface area contributed by atoms with Crippen LogP contribution in [0.25, 0.3) is 50.0 Å². The van der Waals surface area contributed by atoms with Crippen molar-refractivity contribution < 1.29 is 4.42 Å². The summed E-state index contributed by atoms with van der Waals surface area (Å²) in [7, 11) is 0. The lowest BCUT2D eigenvalue weighted by Gasteiger charge is -2.22. The fourth-order valence-electron chi connectivity index (χ4n) is 5.41. The first-order valence-corrected chi connectivity index (χ1v) is 13.3. The Kier molecular flexibility index (Phi) is 5.63. The van der Waals surface area contributed by atoms with E-state index < -0.39 is 0 Å². The molecular weight excluding hydrogens is 454 g/mol. The van der Waals surface area contributed by atoms with Crippen LogP contribution >= 0.6 is 0 Å². The molecule has 186 valence electrons. The van der Waals surface area contributed by atoms with Crippen LogP contribution < -0.4 is 0 Å². The smallest absolute Gasteiger partial charge is 0.149 e. The highest BCUT2D eigenvalue weighted by molar-refractivity contribution is 6.09. The van der Waals surface area contributed by atoms with Crippen molar-refractivity contribution in [2.24, 2.45) is 0 Å². The van der Waals surface area contributed by atoms with Crippen LogP contribution in [0.5, 0.6) is 0 Å². The average Bonchev–Trinajstić information content (AvgIpc) is 3.46. The molecule has 4 nitrogen and oxygen atoms in total. The van der Waals surface area contributed by atoms with Crippen molar-refractivity contribution in [3.05, 3.63) is 89.7 Å². The number of hydrogen-bond donors (Lipinski definition) is 0. The third-order valence-corrected chi connectivity index (χ3v) is 7.36. The number of para-hydroxylation sites is 3.